The number of aryl methyl sites for hydroxylation is 1. The molecular formula is C26H32BrN3O3S. The van der Waals surface area contributed by atoms with Gasteiger partial charge in [-0.15, -0.1) is 11.3 Å². The van der Waals surface area contributed by atoms with Crippen molar-refractivity contribution in [3.05, 3.63) is 43.8 Å². The van der Waals surface area contributed by atoms with Gasteiger partial charge in [-0.1, -0.05) is 35.2 Å². The number of carbonyl (C=O) groups excluding carboxylic acids is 2. The maximum Gasteiger partial charge on any atom is 0.226 e. The first-order valence-corrected chi connectivity index (χ1v) is 14.1. The van der Waals surface area contributed by atoms with Gasteiger partial charge in [0.15, 0.2) is 0 Å². The average Bonchev–Trinajstić information content (AvgIpc) is 3.46. The number of thiazole rings is 1. The highest BCUT2D eigenvalue weighted by atomic mass is 79.9. The molecule has 0 N–H and O–H groups in total. The summed E-state index contributed by atoms with van der Waals surface area (Å²) in [6.07, 6.45) is 9.57. The Kier molecular flexibility index (Phi) is 7.25. The number of amides is 2. The maximum atomic E-state index is 13.8. The van der Waals surface area contributed by atoms with Gasteiger partial charge >= 0.3 is 0 Å². The second-order valence-electron chi connectivity index (χ2n) is 9.67. The summed E-state index contributed by atoms with van der Waals surface area (Å²) in [5.74, 6) is 1.34. The van der Waals surface area contributed by atoms with Gasteiger partial charge in [0, 0.05) is 53.1 Å². The molecule has 1 saturated carbocycles. The first-order chi connectivity index (χ1) is 16.5. The van der Waals surface area contributed by atoms with Gasteiger partial charge in [0.2, 0.25) is 11.8 Å². The van der Waals surface area contributed by atoms with E-state index in [1.165, 1.54) is 12.0 Å². The monoisotopic (exact) mass is 545 g/mol. The molecule has 1 aromatic carbocycles. The van der Waals surface area contributed by atoms with E-state index in [-0.39, 0.29) is 23.8 Å². The van der Waals surface area contributed by atoms with E-state index in [2.05, 4.69) is 25.8 Å². The third-order valence-electron chi connectivity index (χ3n) is 7.39. The van der Waals surface area contributed by atoms with Crippen LogP contribution in [0.4, 0.5) is 0 Å². The standard InChI is InChI=1S/C26H32BrN3O3S/c1-17-14-28-23(34-17)16-33-22-10-9-20(27)19-11-13-30(26(32)18-6-3-2-4-7-18)21(25(19)22)15-29-12-5-8-24(29)31/h9-10,14,18,21H,2-8,11-13,15-16H2,1H3/t21-/m1/s1. The highest BCUT2D eigenvalue weighted by Crippen LogP contribution is 2.42. The molecule has 0 unspecified atom stereocenters. The smallest absolute Gasteiger partial charge is 0.226 e. The van der Waals surface area contributed by atoms with Crippen molar-refractivity contribution >= 4 is 39.1 Å². The van der Waals surface area contributed by atoms with Crippen LogP contribution in [-0.4, -0.2) is 46.2 Å². The lowest BCUT2D eigenvalue weighted by Crippen LogP contribution is -2.48. The molecule has 3 aliphatic rings. The number of aromatic nitrogens is 1. The van der Waals surface area contributed by atoms with E-state index in [9.17, 15) is 9.59 Å². The topological polar surface area (TPSA) is 62.7 Å². The molecule has 6 nitrogen and oxygen atoms in total. The van der Waals surface area contributed by atoms with Crippen LogP contribution in [0.5, 0.6) is 5.75 Å². The summed E-state index contributed by atoms with van der Waals surface area (Å²) < 4.78 is 7.38. The molecular weight excluding hydrogens is 514 g/mol. The fraction of sp³-hybridized carbons (Fsp3) is 0.577. The van der Waals surface area contributed by atoms with Crippen LogP contribution < -0.4 is 4.74 Å². The quantitative estimate of drug-likeness (QED) is 0.486. The molecule has 0 radical (unpaired) electrons. The number of hydrogen-bond acceptors (Lipinski definition) is 5. The lowest BCUT2D eigenvalue weighted by Gasteiger charge is -2.42. The molecule has 1 aliphatic carbocycles. The Bertz CT molecular complexity index is 1070. The summed E-state index contributed by atoms with van der Waals surface area (Å²) in [7, 11) is 0. The average molecular weight is 547 g/mol. The van der Waals surface area contributed by atoms with Gasteiger partial charge in [0.1, 0.15) is 17.4 Å². The number of likely N-dealkylation sites (tertiary alicyclic amines) is 1. The number of benzene rings is 1. The Morgan fingerprint density at radius 1 is 1.18 bits per heavy atom. The van der Waals surface area contributed by atoms with Crippen molar-refractivity contribution in [3.8, 4) is 5.75 Å². The third kappa shape index (κ3) is 4.89. The number of carbonyl (C=O) groups is 2. The van der Waals surface area contributed by atoms with E-state index < -0.39 is 0 Å². The van der Waals surface area contributed by atoms with Crippen molar-refractivity contribution < 1.29 is 14.3 Å². The molecule has 2 aromatic rings. The van der Waals surface area contributed by atoms with Gasteiger partial charge in [-0.05, 0) is 50.3 Å². The minimum Gasteiger partial charge on any atom is -0.486 e. The van der Waals surface area contributed by atoms with E-state index in [1.54, 1.807) is 11.3 Å². The van der Waals surface area contributed by atoms with E-state index >= 15 is 0 Å². The summed E-state index contributed by atoms with van der Waals surface area (Å²) in [6, 6.07) is 3.85. The first-order valence-electron chi connectivity index (χ1n) is 12.4. The van der Waals surface area contributed by atoms with E-state index in [0.29, 0.717) is 26.1 Å². The number of ether oxygens (including phenoxy) is 1. The predicted molar refractivity (Wildman–Crippen MR) is 136 cm³/mol. The molecule has 0 bridgehead atoms. The van der Waals surface area contributed by atoms with Crippen molar-refractivity contribution in [2.75, 3.05) is 19.6 Å². The summed E-state index contributed by atoms with van der Waals surface area (Å²) in [4.78, 5) is 36.0. The number of rotatable bonds is 6. The van der Waals surface area contributed by atoms with Gasteiger partial charge < -0.3 is 14.5 Å². The van der Waals surface area contributed by atoms with Crippen LogP contribution in [0.25, 0.3) is 0 Å². The fourth-order valence-electron chi connectivity index (χ4n) is 5.66. The summed E-state index contributed by atoms with van der Waals surface area (Å²) in [5, 5.41) is 0.936. The molecule has 1 saturated heterocycles. The molecule has 0 spiro atoms. The van der Waals surface area contributed by atoms with E-state index in [4.69, 9.17) is 4.74 Å². The minimum absolute atomic E-state index is 0.0990. The Labute approximate surface area is 213 Å². The maximum absolute atomic E-state index is 13.8. The van der Waals surface area contributed by atoms with Crippen molar-refractivity contribution in [3.63, 3.8) is 0 Å². The molecule has 182 valence electrons. The molecule has 1 atom stereocenters. The molecule has 34 heavy (non-hydrogen) atoms. The number of fused-ring (bicyclic) bond motifs is 1. The highest BCUT2D eigenvalue weighted by molar-refractivity contribution is 9.10. The Morgan fingerprint density at radius 2 is 2.00 bits per heavy atom. The first kappa shape index (κ1) is 23.8. The summed E-state index contributed by atoms with van der Waals surface area (Å²) >= 11 is 5.39. The van der Waals surface area contributed by atoms with Crippen LogP contribution in [0.2, 0.25) is 0 Å². The molecule has 3 heterocycles. The molecule has 2 amide bonds. The van der Waals surface area contributed by atoms with Gasteiger partial charge in [0.05, 0.1) is 6.04 Å². The number of nitrogens with zero attached hydrogens (tertiary/aromatic N) is 3. The van der Waals surface area contributed by atoms with Crippen molar-refractivity contribution in [1.82, 2.24) is 14.8 Å². The van der Waals surface area contributed by atoms with Crippen LogP contribution >= 0.6 is 27.3 Å². The number of halogens is 1. The van der Waals surface area contributed by atoms with Gasteiger partial charge in [-0.25, -0.2) is 4.98 Å². The minimum atomic E-state index is -0.189. The van der Waals surface area contributed by atoms with Crippen LogP contribution in [0.15, 0.2) is 22.8 Å². The Morgan fingerprint density at radius 3 is 2.71 bits per heavy atom. The highest BCUT2D eigenvalue weighted by Gasteiger charge is 2.39. The molecule has 2 aliphatic heterocycles. The zero-order valence-electron chi connectivity index (χ0n) is 19.7. The predicted octanol–water partition coefficient (Wildman–Crippen LogP) is 5.42. The molecule has 8 heteroatoms. The van der Waals surface area contributed by atoms with Crippen LogP contribution in [0.3, 0.4) is 0 Å². The van der Waals surface area contributed by atoms with Crippen molar-refractivity contribution in [2.45, 2.75) is 70.9 Å². The fourth-order valence-corrected chi connectivity index (χ4v) is 6.90. The van der Waals surface area contributed by atoms with Crippen LogP contribution in [0, 0.1) is 12.8 Å². The third-order valence-corrected chi connectivity index (χ3v) is 9.02. The summed E-state index contributed by atoms with van der Waals surface area (Å²) in [5.41, 5.74) is 2.25. The zero-order valence-corrected chi connectivity index (χ0v) is 22.1. The van der Waals surface area contributed by atoms with Gasteiger partial charge in [-0.2, -0.15) is 0 Å². The molecule has 2 fully saturated rings. The van der Waals surface area contributed by atoms with Crippen molar-refractivity contribution in [1.29, 1.82) is 0 Å². The van der Waals surface area contributed by atoms with Gasteiger partial charge in [0.25, 0.3) is 0 Å². The Balaban J connectivity index is 1.49. The van der Waals surface area contributed by atoms with Crippen LogP contribution in [-0.2, 0) is 22.6 Å². The molecule has 5 rings (SSSR count). The van der Waals surface area contributed by atoms with E-state index in [0.717, 1.165) is 70.7 Å². The SMILES string of the molecule is Cc1cnc(COc2ccc(Br)c3c2[C@@H](CN2CCCC2=O)N(C(=O)C2CCCCC2)CC3)s1. The van der Waals surface area contributed by atoms with Gasteiger partial charge in [-0.3, -0.25) is 9.59 Å². The normalized spacial score (nSPS) is 21.1. The largest absolute Gasteiger partial charge is 0.486 e. The summed E-state index contributed by atoms with van der Waals surface area (Å²) in [6.45, 7) is 4.42. The Hall–Kier alpha value is -1.93. The second kappa shape index (κ2) is 10.4. The second-order valence-corrected chi connectivity index (χ2v) is 11.8. The molecule has 1 aromatic heterocycles. The number of hydrogen-bond donors (Lipinski definition) is 0. The lowest BCUT2D eigenvalue weighted by molar-refractivity contribution is -0.141. The zero-order chi connectivity index (χ0) is 23.7. The lowest BCUT2D eigenvalue weighted by atomic mass is 9.85. The van der Waals surface area contributed by atoms with Crippen molar-refractivity contribution in [2.24, 2.45) is 5.92 Å². The van der Waals surface area contributed by atoms with E-state index in [1.807, 2.05) is 30.2 Å². The van der Waals surface area contributed by atoms with Crippen LogP contribution in [0.1, 0.15) is 72.0 Å².